The van der Waals surface area contributed by atoms with Crippen LogP contribution in [0.2, 0.25) is 0 Å². The molecular weight excluding hydrogens is 472 g/mol. The summed E-state index contributed by atoms with van der Waals surface area (Å²) in [6.45, 7) is 0. The summed E-state index contributed by atoms with van der Waals surface area (Å²) in [6, 6.07) is 47.8. The Kier molecular flexibility index (Phi) is 4.86. The summed E-state index contributed by atoms with van der Waals surface area (Å²) in [7, 11) is 0. The largest absolute Gasteiger partial charge is 0.306 e. The molecule has 0 radical (unpaired) electrons. The number of fused-ring (bicyclic) bond motifs is 4. The van der Waals surface area contributed by atoms with Gasteiger partial charge < -0.3 is 4.40 Å². The standard InChI is InChI=1S/C37H24N2/c1-2-12-25(13-3-1)36-29-16-6-8-18-31(29)37(32-19-9-7-17-30(32)36)33-22-21-28(26-14-4-5-15-27(26)33)34-24-39-23-11-10-20-35(39)38-34/h1-24H. The third kappa shape index (κ3) is 3.39. The third-order valence-electron chi connectivity index (χ3n) is 7.83. The van der Waals surface area contributed by atoms with Crippen LogP contribution in [0.5, 0.6) is 0 Å². The molecule has 0 atom stereocenters. The normalized spacial score (nSPS) is 11.6. The van der Waals surface area contributed by atoms with Crippen molar-refractivity contribution in [2.75, 3.05) is 0 Å². The van der Waals surface area contributed by atoms with Gasteiger partial charge in [-0.1, -0.05) is 121 Å². The molecule has 2 nitrogen and oxygen atoms in total. The van der Waals surface area contributed by atoms with Crippen molar-refractivity contribution in [3.63, 3.8) is 0 Å². The summed E-state index contributed by atoms with van der Waals surface area (Å²) >= 11 is 0. The predicted octanol–water partition coefficient (Wildman–Crippen LogP) is 9.79. The van der Waals surface area contributed by atoms with Crippen LogP contribution in [0.15, 0.2) is 146 Å². The molecule has 8 aromatic rings. The Hall–Kier alpha value is -5.21. The quantitative estimate of drug-likeness (QED) is 0.223. The van der Waals surface area contributed by atoms with Crippen molar-refractivity contribution < 1.29 is 0 Å². The second kappa shape index (κ2) is 8.68. The molecule has 2 aromatic heterocycles. The molecule has 6 aromatic carbocycles. The van der Waals surface area contributed by atoms with E-state index in [1.165, 1.54) is 54.6 Å². The predicted molar refractivity (Wildman–Crippen MR) is 164 cm³/mol. The maximum absolute atomic E-state index is 4.94. The van der Waals surface area contributed by atoms with Crippen molar-refractivity contribution in [3.05, 3.63) is 146 Å². The molecule has 182 valence electrons. The molecule has 0 amide bonds. The van der Waals surface area contributed by atoms with Gasteiger partial charge in [0.25, 0.3) is 0 Å². The molecule has 0 fully saturated rings. The summed E-state index contributed by atoms with van der Waals surface area (Å²) in [5.41, 5.74) is 8.13. The molecule has 0 bridgehead atoms. The average Bonchev–Trinajstić information content (AvgIpc) is 3.44. The van der Waals surface area contributed by atoms with E-state index in [0.29, 0.717) is 0 Å². The average molecular weight is 497 g/mol. The summed E-state index contributed by atoms with van der Waals surface area (Å²) in [5, 5.41) is 7.51. The van der Waals surface area contributed by atoms with E-state index in [-0.39, 0.29) is 0 Å². The molecular formula is C37H24N2. The monoisotopic (exact) mass is 496 g/mol. The van der Waals surface area contributed by atoms with Crippen molar-refractivity contribution in [2.45, 2.75) is 0 Å². The van der Waals surface area contributed by atoms with Crippen LogP contribution in [0, 0.1) is 0 Å². The van der Waals surface area contributed by atoms with Gasteiger partial charge in [0, 0.05) is 18.0 Å². The van der Waals surface area contributed by atoms with Crippen LogP contribution in [-0.2, 0) is 0 Å². The summed E-state index contributed by atoms with van der Waals surface area (Å²) in [4.78, 5) is 4.94. The molecule has 0 spiro atoms. The number of imidazole rings is 1. The molecule has 2 heterocycles. The van der Waals surface area contributed by atoms with Crippen molar-refractivity contribution >= 4 is 38.0 Å². The fourth-order valence-corrected chi connectivity index (χ4v) is 6.14. The SMILES string of the molecule is c1ccc(-c2c3ccccc3c(-c3ccc(-c4cn5ccccc5n4)c4ccccc34)c3ccccc23)cc1. The molecule has 0 aliphatic rings. The van der Waals surface area contributed by atoms with Crippen LogP contribution in [0.4, 0.5) is 0 Å². The molecule has 0 aliphatic heterocycles. The zero-order valence-corrected chi connectivity index (χ0v) is 21.3. The number of benzene rings is 6. The van der Waals surface area contributed by atoms with Gasteiger partial charge in [0.05, 0.1) is 5.69 Å². The highest BCUT2D eigenvalue weighted by Crippen LogP contribution is 2.46. The molecule has 0 unspecified atom stereocenters. The van der Waals surface area contributed by atoms with Gasteiger partial charge in [-0.15, -0.1) is 0 Å². The van der Waals surface area contributed by atoms with Gasteiger partial charge in [-0.3, -0.25) is 0 Å². The number of rotatable bonds is 3. The zero-order valence-electron chi connectivity index (χ0n) is 21.3. The first-order chi connectivity index (χ1) is 19.4. The lowest BCUT2D eigenvalue weighted by atomic mass is 9.84. The summed E-state index contributed by atoms with van der Waals surface area (Å²) in [6.07, 6.45) is 4.17. The lowest BCUT2D eigenvalue weighted by Gasteiger charge is -2.19. The van der Waals surface area contributed by atoms with Gasteiger partial charge in [0.1, 0.15) is 5.65 Å². The molecule has 0 aliphatic carbocycles. The number of aromatic nitrogens is 2. The van der Waals surface area contributed by atoms with Gasteiger partial charge >= 0.3 is 0 Å². The fourth-order valence-electron chi connectivity index (χ4n) is 6.14. The molecule has 0 N–H and O–H groups in total. The molecule has 2 heteroatoms. The lowest BCUT2D eigenvalue weighted by molar-refractivity contribution is 1.19. The number of hydrogen-bond acceptors (Lipinski definition) is 1. The Morgan fingerprint density at radius 1 is 0.410 bits per heavy atom. The summed E-state index contributed by atoms with van der Waals surface area (Å²) in [5.74, 6) is 0. The van der Waals surface area contributed by atoms with Crippen molar-refractivity contribution in [1.29, 1.82) is 0 Å². The number of pyridine rings is 1. The van der Waals surface area contributed by atoms with Gasteiger partial charge in [0.15, 0.2) is 0 Å². The minimum absolute atomic E-state index is 0.953. The maximum Gasteiger partial charge on any atom is 0.137 e. The number of hydrogen-bond donors (Lipinski definition) is 0. The second-order valence-electron chi connectivity index (χ2n) is 10.0. The Morgan fingerprint density at radius 3 is 1.56 bits per heavy atom. The third-order valence-corrected chi connectivity index (χ3v) is 7.83. The van der Waals surface area contributed by atoms with Gasteiger partial charge in [0.2, 0.25) is 0 Å². The maximum atomic E-state index is 4.94. The van der Waals surface area contributed by atoms with E-state index in [0.717, 1.165) is 16.9 Å². The molecule has 0 saturated carbocycles. The summed E-state index contributed by atoms with van der Waals surface area (Å²) < 4.78 is 2.08. The Bertz CT molecular complexity index is 2080. The molecule has 8 rings (SSSR count). The van der Waals surface area contributed by atoms with E-state index in [1.807, 2.05) is 18.2 Å². The topological polar surface area (TPSA) is 17.3 Å². The number of nitrogens with zero attached hydrogens (tertiary/aromatic N) is 2. The first kappa shape index (κ1) is 21.8. The van der Waals surface area contributed by atoms with Gasteiger partial charge in [-0.2, -0.15) is 0 Å². The highest BCUT2D eigenvalue weighted by atomic mass is 15.0. The van der Waals surface area contributed by atoms with E-state index in [2.05, 4.69) is 132 Å². The highest BCUT2D eigenvalue weighted by molar-refractivity contribution is 6.24. The van der Waals surface area contributed by atoms with Gasteiger partial charge in [-0.25, -0.2) is 4.98 Å². The molecule has 0 saturated heterocycles. The first-order valence-corrected chi connectivity index (χ1v) is 13.3. The van der Waals surface area contributed by atoms with Crippen molar-refractivity contribution in [1.82, 2.24) is 9.38 Å². The second-order valence-corrected chi connectivity index (χ2v) is 10.0. The van der Waals surface area contributed by atoms with Crippen LogP contribution >= 0.6 is 0 Å². The molecule has 39 heavy (non-hydrogen) atoms. The van der Waals surface area contributed by atoms with Gasteiger partial charge in [-0.05, 0) is 66.7 Å². The van der Waals surface area contributed by atoms with Crippen LogP contribution < -0.4 is 0 Å². The van der Waals surface area contributed by atoms with Crippen LogP contribution in [0.3, 0.4) is 0 Å². The van der Waals surface area contributed by atoms with Crippen molar-refractivity contribution in [2.24, 2.45) is 0 Å². The minimum atomic E-state index is 0.953. The smallest absolute Gasteiger partial charge is 0.137 e. The van der Waals surface area contributed by atoms with Crippen LogP contribution in [0.1, 0.15) is 0 Å². The van der Waals surface area contributed by atoms with Crippen LogP contribution in [-0.4, -0.2) is 9.38 Å². The Labute approximate surface area is 226 Å². The minimum Gasteiger partial charge on any atom is -0.306 e. The highest BCUT2D eigenvalue weighted by Gasteiger charge is 2.19. The zero-order chi connectivity index (χ0) is 25.8. The van der Waals surface area contributed by atoms with E-state index < -0.39 is 0 Å². The van der Waals surface area contributed by atoms with Crippen molar-refractivity contribution in [3.8, 4) is 33.5 Å². The van der Waals surface area contributed by atoms with E-state index in [1.54, 1.807) is 0 Å². The van der Waals surface area contributed by atoms with E-state index in [9.17, 15) is 0 Å². The fraction of sp³-hybridized carbons (Fsp3) is 0. The Balaban J connectivity index is 1.47. The first-order valence-electron chi connectivity index (χ1n) is 13.3. The Morgan fingerprint density at radius 2 is 0.923 bits per heavy atom. The van der Waals surface area contributed by atoms with Crippen LogP contribution in [0.25, 0.3) is 71.5 Å². The van der Waals surface area contributed by atoms with E-state index >= 15 is 0 Å². The lowest BCUT2D eigenvalue weighted by Crippen LogP contribution is -1.92. The van der Waals surface area contributed by atoms with E-state index in [4.69, 9.17) is 4.98 Å².